The monoisotopic (exact) mass is 306 g/mol. The molecule has 0 unspecified atom stereocenters. The van der Waals surface area contributed by atoms with Crippen LogP contribution in [0.1, 0.15) is 22.8 Å². The van der Waals surface area contributed by atoms with Crippen molar-refractivity contribution in [2.75, 3.05) is 26.8 Å². The molecule has 6 nitrogen and oxygen atoms in total. The SMILES string of the molecule is CCOCCNC.Cc1cc(C(=O)O)c(=O)n2ccccc12. The van der Waals surface area contributed by atoms with Crippen molar-refractivity contribution in [1.29, 1.82) is 0 Å². The Morgan fingerprint density at radius 2 is 2.14 bits per heavy atom. The number of nitrogens with zero attached hydrogens (tertiary/aromatic N) is 1. The van der Waals surface area contributed by atoms with Gasteiger partial charge in [0.1, 0.15) is 5.56 Å². The van der Waals surface area contributed by atoms with Crippen LogP contribution < -0.4 is 10.9 Å². The molecule has 120 valence electrons. The molecule has 0 aliphatic heterocycles. The lowest BCUT2D eigenvalue weighted by Gasteiger charge is -2.04. The van der Waals surface area contributed by atoms with Crippen LogP contribution >= 0.6 is 0 Å². The van der Waals surface area contributed by atoms with Crippen molar-refractivity contribution in [2.24, 2.45) is 0 Å². The van der Waals surface area contributed by atoms with Gasteiger partial charge in [-0.1, -0.05) is 6.07 Å². The Balaban J connectivity index is 0.000000295. The predicted molar refractivity (Wildman–Crippen MR) is 85.8 cm³/mol. The number of rotatable bonds is 5. The predicted octanol–water partition coefficient (Wildman–Crippen LogP) is 1.55. The Hall–Kier alpha value is -2.18. The maximum absolute atomic E-state index is 11.7. The van der Waals surface area contributed by atoms with E-state index in [0.29, 0.717) is 0 Å². The molecular weight excluding hydrogens is 284 g/mol. The number of hydrogen-bond donors (Lipinski definition) is 2. The third-order valence-electron chi connectivity index (χ3n) is 3.00. The Morgan fingerprint density at radius 1 is 1.41 bits per heavy atom. The number of carboxylic acids is 1. The molecular formula is C16H22N2O4. The second-order valence-electron chi connectivity index (χ2n) is 4.61. The first kappa shape index (κ1) is 17.9. The number of hydrogen-bond acceptors (Lipinski definition) is 4. The van der Waals surface area contributed by atoms with Gasteiger partial charge in [-0.3, -0.25) is 9.20 Å². The van der Waals surface area contributed by atoms with Gasteiger partial charge < -0.3 is 15.2 Å². The van der Waals surface area contributed by atoms with Gasteiger partial charge in [0.05, 0.1) is 12.1 Å². The largest absolute Gasteiger partial charge is 0.477 e. The highest BCUT2D eigenvalue weighted by Crippen LogP contribution is 2.08. The quantitative estimate of drug-likeness (QED) is 0.819. The van der Waals surface area contributed by atoms with Gasteiger partial charge >= 0.3 is 5.97 Å². The second-order valence-corrected chi connectivity index (χ2v) is 4.61. The molecule has 2 aromatic rings. The maximum atomic E-state index is 11.7. The van der Waals surface area contributed by atoms with Gasteiger partial charge in [0, 0.05) is 19.3 Å². The molecule has 22 heavy (non-hydrogen) atoms. The zero-order chi connectivity index (χ0) is 16.5. The van der Waals surface area contributed by atoms with Crippen LogP contribution in [-0.4, -0.2) is 42.3 Å². The average Bonchev–Trinajstić information content (AvgIpc) is 2.52. The molecule has 0 saturated carbocycles. The van der Waals surface area contributed by atoms with Crippen LogP contribution in [0.15, 0.2) is 35.3 Å². The molecule has 2 rings (SSSR count). The van der Waals surface area contributed by atoms with Gasteiger partial charge in [-0.25, -0.2) is 4.79 Å². The fourth-order valence-electron chi connectivity index (χ4n) is 1.90. The van der Waals surface area contributed by atoms with Gasteiger partial charge in [0.15, 0.2) is 0 Å². The number of likely N-dealkylation sites (N-methyl/N-ethyl adjacent to an activating group) is 1. The molecule has 0 aromatic carbocycles. The lowest BCUT2D eigenvalue weighted by Crippen LogP contribution is -2.22. The number of nitrogens with one attached hydrogen (secondary N) is 1. The zero-order valence-corrected chi connectivity index (χ0v) is 13.1. The molecule has 0 saturated heterocycles. The van der Waals surface area contributed by atoms with Crippen molar-refractivity contribution < 1.29 is 14.6 Å². The minimum atomic E-state index is -1.19. The van der Waals surface area contributed by atoms with Gasteiger partial charge in [0.25, 0.3) is 5.56 Å². The van der Waals surface area contributed by atoms with E-state index in [1.165, 1.54) is 10.5 Å². The van der Waals surface area contributed by atoms with E-state index in [-0.39, 0.29) is 5.56 Å². The maximum Gasteiger partial charge on any atom is 0.341 e. The Bertz CT molecular complexity index is 675. The molecule has 2 N–H and O–H groups in total. The van der Waals surface area contributed by atoms with Crippen LogP contribution in [0.3, 0.4) is 0 Å². The van der Waals surface area contributed by atoms with E-state index in [1.54, 1.807) is 25.3 Å². The molecule has 0 bridgehead atoms. The summed E-state index contributed by atoms with van der Waals surface area (Å²) < 4.78 is 6.36. The van der Waals surface area contributed by atoms with E-state index in [4.69, 9.17) is 9.84 Å². The van der Waals surface area contributed by atoms with Crippen LogP contribution in [-0.2, 0) is 4.74 Å². The summed E-state index contributed by atoms with van der Waals surface area (Å²) in [5.74, 6) is -1.19. The molecule has 2 heterocycles. The summed E-state index contributed by atoms with van der Waals surface area (Å²) in [6.07, 6.45) is 1.57. The number of aromatic carboxylic acids is 1. The van der Waals surface area contributed by atoms with E-state index in [2.05, 4.69) is 5.32 Å². The van der Waals surface area contributed by atoms with Crippen molar-refractivity contribution in [3.05, 3.63) is 51.9 Å². The van der Waals surface area contributed by atoms with Crippen LogP contribution in [0.4, 0.5) is 0 Å². The molecule has 0 aliphatic carbocycles. The number of pyridine rings is 2. The first-order chi connectivity index (χ1) is 10.5. The van der Waals surface area contributed by atoms with Gasteiger partial charge in [-0.2, -0.15) is 0 Å². The number of fused-ring (bicyclic) bond motifs is 1. The molecule has 0 fully saturated rings. The Kier molecular flexibility index (Phi) is 7.28. The first-order valence-electron chi connectivity index (χ1n) is 7.09. The summed E-state index contributed by atoms with van der Waals surface area (Å²) in [6, 6.07) is 6.68. The molecule has 0 spiro atoms. The van der Waals surface area contributed by atoms with E-state index in [9.17, 15) is 9.59 Å². The molecule has 0 radical (unpaired) electrons. The van der Waals surface area contributed by atoms with Gasteiger partial charge in [-0.15, -0.1) is 0 Å². The second kappa shape index (κ2) is 8.96. The minimum Gasteiger partial charge on any atom is -0.477 e. The summed E-state index contributed by atoms with van der Waals surface area (Å²) in [6.45, 7) is 6.37. The van der Waals surface area contributed by atoms with Crippen molar-refractivity contribution in [2.45, 2.75) is 13.8 Å². The number of aryl methyl sites for hydroxylation is 1. The van der Waals surface area contributed by atoms with E-state index in [1.807, 2.05) is 20.0 Å². The molecule has 6 heteroatoms. The van der Waals surface area contributed by atoms with Gasteiger partial charge in [-0.05, 0) is 44.7 Å². The van der Waals surface area contributed by atoms with E-state index in [0.717, 1.165) is 30.8 Å². The van der Waals surface area contributed by atoms with E-state index >= 15 is 0 Å². The Morgan fingerprint density at radius 3 is 2.73 bits per heavy atom. The van der Waals surface area contributed by atoms with Gasteiger partial charge in [0.2, 0.25) is 0 Å². The molecule has 0 aliphatic rings. The first-order valence-corrected chi connectivity index (χ1v) is 7.09. The van der Waals surface area contributed by atoms with Crippen LogP contribution in [0, 0.1) is 6.92 Å². The lowest BCUT2D eigenvalue weighted by molar-refractivity contribution is 0.0694. The highest BCUT2D eigenvalue weighted by molar-refractivity contribution is 5.88. The number of ether oxygens (including phenoxy) is 1. The van der Waals surface area contributed by atoms with Crippen molar-refractivity contribution >= 4 is 11.5 Å². The normalized spacial score (nSPS) is 10.1. The fourth-order valence-corrected chi connectivity index (χ4v) is 1.90. The van der Waals surface area contributed by atoms with Crippen molar-refractivity contribution in [1.82, 2.24) is 9.72 Å². The molecule has 2 aromatic heterocycles. The summed E-state index contributed by atoms with van der Waals surface area (Å²) in [7, 11) is 1.92. The highest BCUT2D eigenvalue weighted by atomic mass is 16.5. The minimum absolute atomic E-state index is 0.198. The zero-order valence-electron chi connectivity index (χ0n) is 13.1. The lowest BCUT2D eigenvalue weighted by atomic mass is 10.1. The summed E-state index contributed by atoms with van der Waals surface area (Å²) in [4.78, 5) is 22.5. The van der Waals surface area contributed by atoms with Crippen molar-refractivity contribution in [3.63, 3.8) is 0 Å². The van der Waals surface area contributed by atoms with Crippen molar-refractivity contribution in [3.8, 4) is 0 Å². The van der Waals surface area contributed by atoms with E-state index < -0.39 is 11.5 Å². The van der Waals surface area contributed by atoms with Crippen LogP contribution in [0.25, 0.3) is 5.52 Å². The smallest absolute Gasteiger partial charge is 0.341 e. The van der Waals surface area contributed by atoms with Crippen LogP contribution in [0.5, 0.6) is 0 Å². The number of carboxylic acid groups (broad SMARTS) is 1. The molecule has 0 atom stereocenters. The number of carbonyl (C=O) groups is 1. The third-order valence-corrected chi connectivity index (χ3v) is 3.00. The standard InChI is InChI=1S/C11H9NO3.C5H13NO/c1-7-6-8(11(14)15)10(13)12-5-3-2-4-9(7)12;1-3-7-5-4-6-2/h2-6H,1H3,(H,14,15);6H,3-5H2,1-2H3. The fraction of sp³-hybridized carbons (Fsp3) is 0.375. The number of aromatic nitrogens is 1. The third kappa shape index (κ3) is 4.68. The topological polar surface area (TPSA) is 80.0 Å². The highest BCUT2D eigenvalue weighted by Gasteiger charge is 2.11. The molecule has 0 amide bonds. The summed E-state index contributed by atoms with van der Waals surface area (Å²) >= 11 is 0. The summed E-state index contributed by atoms with van der Waals surface area (Å²) in [5, 5.41) is 11.8. The average molecular weight is 306 g/mol. The Labute approximate surface area is 129 Å². The van der Waals surface area contributed by atoms with Crippen LogP contribution in [0.2, 0.25) is 0 Å². The summed E-state index contributed by atoms with van der Waals surface area (Å²) in [5.41, 5.74) is 0.806.